The fraction of sp³-hybridized carbons (Fsp3) is 0. The topological polar surface area (TPSA) is 99.4 Å². The van der Waals surface area contributed by atoms with Gasteiger partial charge in [0.1, 0.15) is 0 Å². The van der Waals surface area contributed by atoms with Crippen molar-refractivity contribution in [1.82, 2.24) is 4.98 Å². The summed E-state index contributed by atoms with van der Waals surface area (Å²) in [5, 5.41) is 5.31. The van der Waals surface area contributed by atoms with Gasteiger partial charge >= 0.3 is 5.97 Å². The quantitative estimate of drug-likeness (QED) is 0.681. The molecule has 0 unspecified atom stereocenters. The van der Waals surface area contributed by atoms with Gasteiger partial charge in [0.2, 0.25) is 10.0 Å². The molecule has 1 aromatic carbocycles. The molecule has 23 heavy (non-hydrogen) atoms. The largest absolute Gasteiger partial charge is 0.431 e. The Morgan fingerprint density at radius 3 is 2.52 bits per heavy atom. The van der Waals surface area contributed by atoms with Crippen LogP contribution in [0.25, 0.3) is 5.57 Å². The summed E-state index contributed by atoms with van der Waals surface area (Å²) < 4.78 is 28.6. The molecule has 2 N–H and O–H groups in total. The fourth-order valence-electron chi connectivity index (χ4n) is 2.37. The normalized spacial score (nSPS) is 16.3. The van der Waals surface area contributed by atoms with Crippen molar-refractivity contribution in [2.24, 2.45) is 5.14 Å². The van der Waals surface area contributed by atoms with Gasteiger partial charge in [-0.1, -0.05) is 24.3 Å². The van der Waals surface area contributed by atoms with E-state index in [0.29, 0.717) is 16.7 Å². The van der Waals surface area contributed by atoms with Crippen LogP contribution in [-0.4, -0.2) is 19.4 Å². The van der Waals surface area contributed by atoms with Crippen molar-refractivity contribution >= 4 is 21.6 Å². The van der Waals surface area contributed by atoms with Gasteiger partial charge in [-0.25, -0.2) is 18.4 Å². The van der Waals surface area contributed by atoms with Gasteiger partial charge in [-0.05, 0) is 18.2 Å². The molecule has 7 heteroatoms. The first-order valence-corrected chi connectivity index (χ1v) is 8.17. The van der Waals surface area contributed by atoms with Gasteiger partial charge in [-0.2, -0.15) is 0 Å². The van der Waals surface area contributed by atoms with Crippen LogP contribution in [0.2, 0.25) is 0 Å². The third kappa shape index (κ3) is 2.92. The van der Waals surface area contributed by atoms with E-state index >= 15 is 0 Å². The Labute approximate surface area is 133 Å². The van der Waals surface area contributed by atoms with Crippen molar-refractivity contribution < 1.29 is 17.9 Å². The maximum atomic E-state index is 12.0. The second-order valence-electron chi connectivity index (χ2n) is 4.78. The van der Waals surface area contributed by atoms with Gasteiger partial charge in [-0.15, -0.1) is 0 Å². The molecule has 116 valence electrons. The molecule has 0 saturated carbocycles. The van der Waals surface area contributed by atoms with Crippen molar-refractivity contribution in [2.45, 2.75) is 4.90 Å². The minimum Gasteiger partial charge on any atom is -0.431 e. The molecule has 0 radical (unpaired) electrons. The lowest BCUT2D eigenvalue weighted by Crippen LogP contribution is -2.15. The lowest BCUT2D eigenvalue weighted by Gasteiger charge is -2.13. The molecule has 0 amide bonds. The third-order valence-electron chi connectivity index (χ3n) is 3.31. The number of pyridine rings is 1. The van der Waals surface area contributed by atoms with E-state index in [1.165, 1.54) is 18.4 Å². The number of sulfonamides is 1. The van der Waals surface area contributed by atoms with Crippen LogP contribution >= 0.6 is 0 Å². The Balaban J connectivity index is 2.36. The van der Waals surface area contributed by atoms with E-state index in [4.69, 9.17) is 9.88 Å². The van der Waals surface area contributed by atoms with Crippen molar-refractivity contribution in [2.75, 3.05) is 0 Å². The summed E-state index contributed by atoms with van der Waals surface area (Å²) in [7, 11) is -3.96. The number of carbonyl (C=O) groups is 1. The molecule has 6 nitrogen and oxygen atoms in total. The van der Waals surface area contributed by atoms with Crippen molar-refractivity contribution in [1.29, 1.82) is 0 Å². The summed E-state index contributed by atoms with van der Waals surface area (Å²) in [6.07, 6.45) is 5.88. The van der Waals surface area contributed by atoms with Crippen LogP contribution in [-0.2, 0) is 19.6 Å². The molecule has 1 aliphatic heterocycles. The number of esters is 1. The standard InChI is InChI=1S/C16H12N2O4S/c17-23(20,21)14-6-2-1-5-12(14)15(11-4-3-8-18-10-11)13-7-9-22-16(13)19/h1-10H,(H2,17,20,21). The highest BCUT2D eigenvalue weighted by atomic mass is 32.2. The van der Waals surface area contributed by atoms with Crippen LogP contribution in [0.5, 0.6) is 0 Å². The number of ether oxygens (including phenoxy) is 1. The number of nitrogens with zero attached hydrogens (tertiary/aromatic N) is 1. The lowest BCUT2D eigenvalue weighted by molar-refractivity contribution is -0.132. The molecule has 0 spiro atoms. The van der Waals surface area contributed by atoms with Gasteiger partial charge in [0, 0.05) is 29.1 Å². The highest BCUT2D eigenvalue weighted by Gasteiger charge is 2.25. The smallest absolute Gasteiger partial charge is 0.343 e. The Hall–Kier alpha value is -2.77. The molecule has 0 aliphatic carbocycles. The molecule has 0 atom stereocenters. The second-order valence-corrected chi connectivity index (χ2v) is 6.31. The number of aromatic nitrogens is 1. The molecule has 3 rings (SSSR count). The Morgan fingerprint density at radius 2 is 1.91 bits per heavy atom. The monoisotopic (exact) mass is 328 g/mol. The number of hydrogen-bond acceptors (Lipinski definition) is 5. The van der Waals surface area contributed by atoms with Gasteiger partial charge in [0.25, 0.3) is 0 Å². The minimum absolute atomic E-state index is 0.0700. The van der Waals surface area contributed by atoms with E-state index < -0.39 is 16.0 Å². The van der Waals surface area contributed by atoms with Gasteiger partial charge in [0.05, 0.1) is 16.7 Å². The predicted octanol–water partition coefficient (Wildman–Crippen LogP) is 1.60. The number of benzene rings is 1. The zero-order valence-corrected chi connectivity index (χ0v) is 12.7. The zero-order chi connectivity index (χ0) is 16.4. The highest BCUT2D eigenvalue weighted by molar-refractivity contribution is 7.89. The van der Waals surface area contributed by atoms with E-state index in [9.17, 15) is 13.2 Å². The first-order valence-electron chi connectivity index (χ1n) is 6.63. The summed E-state index contributed by atoms with van der Waals surface area (Å²) >= 11 is 0. The first kappa shape index (κ1) is 15.1. The first-order chi connectivity index (χ1) is 11.0. The van der Waals surface area contributed by atoms with Crippen molar-refractivity contribution in [3.8, 4) is 0 Å². The van der Waals surface area contributed by atoms with Crippen molar-refractivity contribution in [3.05, 3.63) is 77.8 Å². The third-order valence-corrected chi connectivity index (χ3v) is 4.28. The number of carbonyl (C=O) groups excluding carboxylic acids is 1. The summed E-state index contributed by atoms with van der Waals surface area (Å²) in [4.78, 5) is 15.9. The van der Waals surface area contributed by atoms with E-state index in [2.05, 4.69) is 4.98 Å². The summed E-state index contributed by atoms with van der Waals surface area (Å²) in [5.74, 6) is -0.562. The number of nitrogens with two attached hydrogens (primary N) is 1. The van der Waals surface area contributed by atoms with E-state index in [1.807, 2.05) is 0 Å². The number of rotatable bonds is 3. The molecular weight excluding hydrogens is 316 g/mol. The Morgan fingerprint density at radius 1 is 1.13 bits per heavy atom. The van der Waals surface area contributed by atoms with Gasteiger partial charge in [0.15, 0.2) is 0 Å². The van der Waals surface area contributed by atoms with E-state index in [0.717, 1.165) is 0 Å². The molecule has 1 aliphatic rings. The number of primary sulfonamides is 1. The minimum atomic E-state index is -3.96. The predicted molar refractivity (Wildman–Crippen MR) is 83.3 cm³/mol. The molecular formula is C16H12N2O4S. The lowest BCUT2D eigenvalue weighted by atomic mass is 9.94. The van der Waals surface area contributed by atoms with Crippen LogP contribution in [0.15, 0.2) is 71.6 Å². The maximum Gasteiger partial charge on any atom is 0.343 e. The van der Waals surface area contributed by atoms with Crippen molar-refractivity contribution in [3.63, 3.8) is 0 Å². The second kappa shape index (κ2) is 5.79. The molecule has 0 bridgehead atoms. The van der Waals surface area contributed by atoms with E-state index in [1.54, 1.807) is 42.7 Å². The van der Waals surface area contributed by atoms with E-state index in [-0.39, 0.29) is 10.5 Å². The van der Waals surface area contributed by atoms with Crippen LogP contribution in [0, 0.1) is 0 Å². The molecule has 1 aromatic heterocycles. The Bertz CT molecular complexity index is 932. The SMILES string of the molecule is NS(=O)(=O)c1ccccc1C(=C1C=COC1=O)c1cccnc1. The van der Waals surface area contributed by atoms with Crippen LogP contribution in [0.4, 0.5) is 0 Å². The van der Waals surface area contributed by atoms with Gasteiger partial charge < -0.3 is 4.74 Å². The van der Waals surface area contributed by atoms with Crippen LogP contribution in [0.3, 0.4) is 0 Å². The number of cyclic esters (lactones) is 1. The maximum absolute atomic E-state index is 12.0. The number of hydrogen-bond donors (Lipinski definition) is 1. The summed E-state index contributed by atoms with van der Waals surface area (Å²) in [6.45, 7) is 0. The molecule has 0 saturated heterocycles. The molecule has 2 heterocycles. The molecule has 0 fully saturated rings. The average molecular weight is 328 g/mol. The summed E-state index contributed by atoms with van der Waals surface area (Å²) in [5.41, 5.74) is 1.55. The van der Waals surface area contributed by atoms with Crippen LogP contribution in [0.1, 0.15) is 11.1 Å². The van der Waals surface area contributed by atoms with Crippen LogP contribution < -0.4 is 5.14 Å². The fourth-order valence-corrected chi connectivity index (χ4v) is 3.11. The van der Waals surface area contributed by atoms with Gasteiger partial charge in [-0.3, -0.25) is 4.98 Å². The highest BCUT2D eigenvalue weighted by Crippen LogP contribution is 2.33. The molecule has 2 aromatic rings. The zero-order valence-electron chi connectivity index (χ0n) is 11.8. The summed E-state index contributed by atoms with van der Waals surface area (Å²) in [6, 6.07) is 9.65. The Kier molecular flexibility index (Phi) is 3.81. The average Bonchev–Trinajstić information content (AvgIpc) is 2.94.